The molecule has 0 spiro atoms. The highest BCUT2D eigenvalue weighted by Crippen LogP contribution is 2.29. The van der Waals surface area contributed by atoms with E-state index in [0.717, 1.165) is 4.68 Å². The first-order valence-corrected chi connectivity index (χ1v) is 7.15. The van der Waals surface area contributed by atoms with Crippen LogP contribution in [0.1, 0.15) is 5.56 Å². The number of benzene rings is 2. The fourth-order valence-electron chi connectivity index (χ4n) is 2.39. The van der Waals surface area contributed by atoms with Gasteiger partial charge in [0.15, 0.2) is 11.5 Å². The van der Waals surface area contributed by atoms with Gasteiger partial charge in [-0.25, -0.2) is 4.79 Å². The summed E-state index contributed by atoms with van der Waals surface area (Å²) in [4.78, 5) is 27.1. The number of nitrogens with zero attached hydrogens (tertiary/aromatic N) is 2. The molecule has 2 aromatic carbocycles. The molecule has 0 saturated carbocycles. The summed E-state index contributed by atoms with van der Waals surface area (Å²) >= 11 is 0. The van der Waals surface area contributed by atoms with Crippen molar-refractivity contribution in [3.63, 3.8) is 0 Å². The van der Waals surface area contributed by atoms with Gasteiger partial charge in [0.05, 0.1) is 31.3 Å². The molecule has 0 fully saturated rings. The first-order valence-electron chi connectivity index (χ1n) is 7.15. The van der Waals surface area contributed by atoms with E-state index in [9.17, 15) is 9.59 Å². The van der Waals surface area contributed by atoms with Crippen molar-refractivity contribution in [2.75, 3.05) is 14.2 Å². The van der Waals surface area contributed by atoms with Gasteiger partial charge in [0.25, 0.3) is 5.56 Å². The number of nitrogens with one attached hydrogen (secondary N) is 1. The first-order chi connectivity index (χ1) is 11.7. The van der Waals surface area contributed by atoms with Crippen LogP contribution in [0.25, 0.3) is 10.9 Å². The van der Waals surface area contributed by atoms with Crippen molar-refractivity contribution in [3.05, 3.63) is 68.9 Å². The van der Waals surface area contributed by atoms with Crippen molar-refractivity contribution in [2.24, 2.45) is 5.10 Å². The molecule has 0 saturated heterocycles. The van der Waals surface area contributed by atoms with E-state index in [1.807, 2.05) is 0 Å². The summed E-state index contributed by atoms with van der Waals surface area (Å²) in [6, 6.07) is 12.0. The molecule has 122 valence electrons. The lowest BCUT2D eigenvalue weighted by Gasteiger charge is -2.09. The summed E-state index contributed by atoms with van der Waals surface area (Å²) in [5.74, 6) is 0.996. The fourth-order valence-corrected chi connectivity index (χ4v) is 2.39. The van der Waals surface area contributed by atoms with Gasteiger partial charge in [0.1, 0.15) is 0 Å². The maximum absolute atomic E-state index is 12.4. The predicted molar refractivity (Wildman–Crippen MR) is 91.4 cm³/mol. The molecule has 7 heteroatoms. The molecule has 0 unspecified atom stereocenters. The molecule has 0 aliphatic rings. The number of ether oxygens (including phenoxy) is 2. The molecule has 7 nitrogen and oxygen atoms in total. The number of hydrogen-bond donors (Lipinski definition) is 1. The van der Waals surface area contributed by atoms with E-state index in [2.05, 4.69) is 10.1 Å². The molecule has 3 rings (SSSR count). The van der Waals surface area contributed by atoms with E-state index in [1.165, 1.54) is 20.4 Å². The van der Waals surface area contributed by atoms with Gasteiger partial charge in [0, 0.05) is 5.56 Å². The molecule has 0 atom stereocenters. The maximum atomic E-state index is 12.4. The van der Waals surface area contributed by atoms with Gasteiger partial charge in [-0.2, -0.15) is 5.10 Å². The van der Waals surface area contributed by atoms with Crippen LogP contribution in [0.5, 0.6) is 11.5 Å². The van der Waals surface area contributed by atoms with Crippen molar-refractivity contribution in [1.29, 1.82) is 0 Å². The van der Waals surface area contributed by atoms with Crippen LogP contribution in [0.2, 0.25) is 0 Å². The number of hydrogen-bond acceptors (Lipinski definition) is 5. The Bertz CT molecular complexity index is 1030. The topological polar surface area (TPSA) is 85.7 Å². The quantitative estimate of drug-likeness (QED) is 0.738. The Kier molecular flexibility index (Phi) is 4.15. The van der Waals surface area contributed by atoms with Crippen LogP contribution >= 0.6 is 0 Å². The Hall–Kier alpha value is -3.35. The predicted octanol–water partition coefficient (Wildman–Crippen LogP) is 1.59. The van der Waals surface area contributed by atoms with Crippen molar-refractivity contribution >= 4 is 17.1 Å². The number of fused-ring (bicyclic) bond motifs is 1. The van der Waals surface area contributed by atoms with Crippen LogP contribution in [0.4, 0.5) is 0 Å². The molecule has 0 aliphatic heterocycles. The number of aromatic nitrogens is 2. The van der Waals surface area contributed by atoms with Crippen LogP contribution in [0.3, 0.4) is 0 Å². The Labute approximate surface area is 136 Å². The summed E-state index contributed by atoms with van der Waals surface area (Å²) in [6.45, 7) is 0. The summed E-state index contributed by atoms with van der Waals surface area (Å²) in [5.41, 5.74) is -0.0569. The van der Waals surface area contributed by atoms with E-state index < -0.39 is 11.2 Å². The van der Waals surface area contributed by atoms with Crippen LogP contribution in [-0.2, 0) is 0 Å². The molecule has 3 aromatic rings. The normalized spacial score (nSPS) is 11.1. The number of rotatable bonds is 4. The lowest BCUT2D eigenvalue weighted by Crippen LogP contribution is -2.32. The molecular weight excluding hydrogens is 310 g/mol. The van der Waals surface area contributed by atoms with Gasteiger partial charge in [-0.1, -0.05) is 18.2 Å². The van der Waals surface area contributed by atoms with E-state index in [4.69, 9.17) is 9.47 Å². The molecule has 1 heterocycles. The molecule has 1 N–H and O–H groups in total. The SMILES string of the molecule is COc1cccc(C=Nn2c(=O)[nH]c3ccccc3c2=O)c1OC. The number of H-pyrrole nitrogens is 1. The highest BCUT2D eigenvalue weighted by atomic mass is 16.5. The maximum Gasteiger partial charge on any atom is 0.349 e. The smallest absolute Gasteiger partial charge is 0.349 e. The summed E-state index contributed by atoms with van der Waals surface area (Å²) in [6.07, 6.45) is 1.38. The average Bonchev–Trinajstić information content (AvgIpc) is 2.61. The van der Waals surface area contributed by atoms with Gasteiger partial charge in [0.2, 0.25) is 0 Å². The van der Waals surface area contributed by atoms with Crippen LogP contribution in [0.15, 0.2) is 57.2 Å². The minimum absolute atomic E-state index is 0.381. The van der Waals surface area contributed by atoms with Gasteiger partial charge < -0.3 is 14.5 Å². The van der Waals surface area contributed by atoms with Crippen LogP contribution in [0, 0.1) is 0 Å². The number of methoxy groups -OCH3 is 2. The third kappa shape index (κ3) is 2.67. The molecule has 0 amide bonds. The van der Waals surface area contributed by atoms with Crippen molar-refractivity contribution in [3.8, 4) is 11.5 Å². The lowest BCUT2D eigenvalue weighted by atomic mass is 10.2. The minimum atomic E-state index is -0.614. The highest BCUT2D eigenvalue weighted by molar-refractivity contribution is 5.85. The summed E-state index contributed by atoms with van der Waals surface area (Å²) in [7, 11) is 3.03. The van der Waals surface area contributed by atoms with Crippen molar-refractivity contribution in [1.82, 2.24) is 9.66 Å². The van der Waals surface area contributed by atoms with Crippen LogP contribution in [-0.4, -0.2) is 30.1 Å². The minimum Gasteiger partial charge on any atom is -0.493 e. The average molecular weight is 325 g/mol. The van der Waals surface area contributed by atoms with E-state index in [1.54, 1.807) is 42.5 Å². The summed E-state index contributed by atoms with van der Waals surface area (Å²) < 4.78 is 11.3. The molecule has 0 aliphatic carbocycles. The molecule has 24 heavy (non-hydrogen) atoms. The Balaban J connectivity index is 2.13. The molecule has 0 bridgehead atoms. The largest absolute Gasteiger partial charge is 0.493 e. The third-order valence-corrected chi connectivity index (χ3v) is 3.53. The van der Waals surface area contributed by atoms with Gasteiger partial charge in [-0.15, -0.1) is 4.68 Å². The van der Waals surface area contributed by atoms with Gasteiger partial charge in [-0.05, 0) is 24.3 Å². The zero-order chi connectivity index (χ0) is 17.1. The first kappa shape index (κ1) is 15.5. The van der Waals surface area contributed by atoms with Crippen LogP contribution < -0.4 is 20.7 Å². The van der Waals surface area contributed by atoms with Crippen molar-refractivity contribution in [2.45, 2.75) is 0 Å². The molecule has 1 aromatic heterocycles. The summed E-state index contributed by atoms with van der Waals surface area (Å²) in [5, 5.41) is 4.39. The van der Waals surface area contributed by atoms with E-state index >= 15 is 0 Å². The zero-order valence-electron chi connectivity index (χ0n) is 13.1. The Morgan fingerprint density at radius 1 is 1.04 bits per heavy atom. The van der Waals surface area contributed by atoms with Crippen molar-refractivity contribution < 1.29 is 9.47 Å². The van der Waals surface area contributed by atoms with Gasteiger partial charge >= 0.3 is 5.69 Å². The number of aromatic amines is 1. The Morgan fingerprint density at radius 3 is 2.58 bits per heavy atom. The third-order valence-electron chi connectivity index (χ3n) is 3.53. The Morgan fingerprint density at radius 2 is 1.83 bits per heavy atom. The monoisotopic (exact) mass is 325 g/mol. The number of para-hydroxylation sites is 2. The fraction of sp³-hybridized carbons (Fsp3) is 0.118. The van der Waals surface area contributed by atoms with Gasteiger partial charge in [-0.3, -0.25) is 4.79 Å². The molecule has 0 radical (unpaired) electrons. The van der Waals surface area contributed by atoms with E-state index in [-0.39, 0.29) is 0 Å². The molecular formula is C17H15N3O4. The second kappa shape index (κ2) is 6.41. The second-order valence-electron chi connectivity index (χ2n) is 4.92. The lowest BCUT2D eigenvalue weighted by molar-refractivity contribution is 0.354. The van der Waals surface area contributed by atoms with E-state index in [0.29, 0.717) is 28.0 Å². The second-order valence-corrected chi connectivity index (χ2v) is 4.92. The zero-order valence-corrected chi connectivity index (χ0v) is 13.1. The standard InChI is InChI=1S/C17H15N3O4/c1-23-14-9-5-6-11(15(14)24-2)10-18-20-16(21)12-7-3-4-8-13(12)19-17(20)22/h3-10H,1-2H3,(H,19,22). The highest BCUT2D eigenvalue weighted by Gasteiger charge is 2.09.